The Hall–Kier alpha value is -2.86. The minimum Gasteiger partial charge on any atom is -0.476 e. The highest BCUT2D eigenvalue weighted by molar-refractivity contribution is 6.05. The fourth-order valence-electron chi connectivity index (χ4n) is 5.08. The lowest BCUT2D eigenvalue weighted by molar-refractivity contribution is -0.161. The highest BCUT2D eigenvalue weighted by Gasteiger charge is 2.46. The number of nitrogens with one attached hydrogen (secondary N) is 1. The molecule has 0 aliphatic carbocycles. The summed E-state index contributed by atoms with van der Waals surface area (Å²) in [7, 11) is 1.41. The number of halogens is 3. The topological polar surface area (TPSA) is 97.4 Å². The molecule has 1 aromatic rings. The fourth-order valence-corrected chi connectivity index (χ4v) is 5.08. The molecule has 1 saturated heterocycles. The van der Waals surface area contributed by atoms with Crippen molar-refractivity contribution in [2.45, 2.75) is 91.3 Å². The van der Waals surface area contributed by atoms with Crippen molar-refractivity contribution in [2.24, 2.45) is 5.41 Å². The highest BCUT2D eigenvalue weighted by Crippen LogP contribution is 2.44. The summed E-state index contributed by atoms with van der Waals surface area (Å²) in [6.07, 6.45) is -4.35. The summed E-state index contributed by atoms with van der Waals surface area (Å²) in [5.41, 5.74) is -4.10. The van der Waals surface area contributed by atoms with Crippen LogP contribution >= 0.6 is 0 Å². The molecule has 0 bridgehead atoms. The lowest BCUT2D eigenvalue weighted by Crippen LogP contribution is -2.55. The summed E-state index contributed by atoms with van der Waals surface area (Å²) in [5.74, 6) is -2.08. The van der Waals surface area contributed by atoms with Crippen LogP contribution in [0.2, 0.25) is 0 Å². The van der Waals surface area contributed by atoms with E-state index in [1.165, 1.54) is 30.8 Å². The van der Waals surface area contributed by atoms with Gasteiger partial charge in [-0.2, -0.15) is 13.2 Å². The molecule has 2 heterocycles. The zero-order valence-electron chi connectivity index (χ0n) is 25.1. The van der Waals surface area contributed by atoms with E-state index in [1.54, 1.807) is 34.6 Å². The van der Waals surface area contributed by atoms with Gasteiger partial charge in [-0.1, -0.05) is 0 Å². The second kappa shape index (κ2) is 12.2. The summed E-state index contributed by atoms with van der Waals surface area (Å²) < 4.78 is 59.9. The molecule has 0 saturated carbocycles. The van der Waals surface area contributed by atoms with Gasteiger partial charge in [0.25, 0.3) is 11.8 Å². The molecule has 2 aliphatic rings. The number of benzene rings is 1. The van der Waals surface area contributed by atoms with Crippen molar-refractivity contribution in [2.75, 3.05) is 38.3 Å². The van der Waals surface area contributed by atoms with Crippen LogP contribution in [0.1, 0.15) is 77.2 Å². The third-order valence-electron chi connectivity index (χ3n) is 7.13. The number of anilines is 1. The van der Waals surface area contributed by atoms with Crippen molar-refractivity contribution < 1.29 is 41.8 Å². The molecule has 0 radical (unpaired) electrons. The van der Waals surface area contributed by atoms with Crippen LogP contribution in [0.15, 0.2) is 12.1 Å². The molecule has 1 aromatic carbocycles. The predicted octanol–water partition coefficient (Wildman–Crippen LogP) is 4.42. The molecule has 41 heavy (non-hydrogen) atoms. The first-order valence-electron chi connectivity index (χ1n) is 13.9. The molecular formula is C29H42F3N3O6. The van der Waals surface area contributed by atoms with Gasteiger partial charge in [0.15, 0.2) is 5.60 Å². The number of fused-ring (bicyclic) bond motifs is 1. The van der Waals surface area contributed by atoms with Gasteiger partial charge >= 0.3 is 12.1 Å². The largest absolute Gasteiger partial charge is 0.476 e. The molecule has 230 valence electrons. The summed E-state index contributed by atoms with van der Waals surface area (Å²) >= 11 is 0. The Balaban J connectivity index is 2.15. The molecule has 3 rings (SSSR count). The number of amides is 2. The number of alkyl halides is 3. The van der Waals surface area contributed by atoms with Gasteiger partial charge in [-0.25, -0.2) is 0 Å². The van der Waals surface area contributed by atoms with E-state index in [-0.39, 0.29) is 36.7 Å². The van der Waals surface area contributed by atoms with Crippen LogP contribution in [0.25, 0.3) is 0 Å². The van der Waals surface area contributed by atoms with Crippen LogP contribution in [-0.4, -0.2) is 79.8 Å². The van der Waals surface area contributed by atoms with Crippen molar-refractivity contribution in [3.05, 3.63) is 23.3 Å². The van der Waals surface area contributed by atoms with Gasteiger partial charge in [0.2, 0.25) is 0 Å². The third kappa shape index (κ3) is 7.32. The van der Waals surface area contributed by atoms with E-state index < -0.39 is 52.2 Å². The maximum Gasteiger partial charge on any atom is 0.417 e. The smallest absolute Gasteiger partial charge is 0.417 e. The van der Waals surface area contributed by atoms with Crippen LogP contribution in [0.5, 0.6) is 5.75 Å². The van der Waals surface area contributed by atoms with Crippen molar-refractivity contribution in [1.82, 2.24) is 10.2 Å². The SMILES string of the molecule is COCC(CN1C(=O)C(C)(C)Oc2cc(C(F)(F)F)c(C(=O)N(C(C)C)C3CCCNC3)cc21)OC(=O)C(C)(C)C. The van der Waals surface area contributed by atoms with Crippen LogP contribution in [0, 0.1) is 5.41 Å². The summed E-state index contributed by atoms with van der Waals surface area (Å²) in [6, 6.07) is 1.20. The Kier molecular flexibility index (Phi) is 9.69. The van der Waals surface area contributed by atoms with E-state index in [0.717, 1.165) is 25.1 Å². The Morgan fingerprint density at radius 3 is 2.39 bits per heavy atom. The number of piperidine rings is 1. The summed E-state index contributed by atoms with van der Waals surface area (Å²) in [6.45, 7) is 12.4. The zero-order valence-corrected chi connectivity index (χ0v) is 25.1. The number of rotatable bonds is 8. The van der Waals surface area contributed by atoms with E-state index in [2.05, 4.69) is 5.32 Å². The van der Waals surface area contributed by atoms with Crippen LogP contribution in [0.3, 0.4) is 0 Å². The number of methoxy groups -OCH3 is 1. The van der Waals surface area contributed by atoms with E-state index in [0.29, 0.717) is 13.0 Å². The average Bonchev–Trinajstić information content (AvgIpc) is 2.85. The number of hydrogen-bond donors (Lipinski definition) is 1. The monoisotopic (exact) mass is 585 g/mol. The molecule has 0 spiro atoms. The number of esters is 1. The van der Waals surface area contributed by atoms with Gasteiger partial charge in [-0.05, 0) is 80.0 Å². The van der Waals surface area contributed by atoms with Gasteiger partial charge < -0.3 is 29.3 Å². The molecule has 12 heteroatoms. The number of carbonyl (C=O) groups excluding carboxylic acids is 3. The third-order valence-corrected chi connectivity index (χ3v) is 7.13. The Morgan fingerprint density at radius 2 is 1.88 bits per heavy atom. The molecule has 9 nitrogen and oxygen atoms in total. The molecule has 2 aliphatic heterocycles. The van der Waals surface area contributed by atoms with Gasteiger partial charge in [-0.15, -0.1) is 0 Å². The summed E-state index contributed by atoms with van der Waals surface area (Å²) in [4.78, 5) is 42.8. The van der Waals surface area contributed by atoms with Crippen molar-refractivity contribution in [3.63, 3.8) is 0 Å². The van der Waals surface area contributed by atoms with Gasteiger partial charge in [0, 0.05) is 25.7 Å². The quantitative estimate of drug-likeness (QED) is 0.452. The normalized spacial score (nSPS) is 19.9. The fraction of sp³-hybridized carbons (Fsp3) is 0.690. The molecule has 2 amide bonds. The Bertz CT molecular complexity index is 1140. The van der Waals surface area contributed by atoms with Gasteiger partial charge in [-0.3, -0.25) is 14.4 Å². The predicted molar refractivity (Wildman–Crippen MR) is 147 cm³/mol. The van der Waals surface area contributed by atoms with Crippen molar-refractivity contribution >= 4 is 23.5 Å². The Labute approximate surface area is 239 Å². The number of hydrogen-bond acceptors (Lipinski definition) is 7. The van der Waals surface area contributed by atoms with Crippen molar-refractivity contribution in [3.8, 4) is 5.75 Å². The number of carbonyl (C=O) groups is 3. The highest BCUT2D eigenvalue weighted by atomic mass is 19.4. The number of ether oxygens (including phenoxy) is 3. The molecular weight excluding hydrogens is 543 g/mol. The lowest BCUT2D eigenvalue weighted by atomic mass is 9.96. The maximum absolute atomic E-state index is 14.4. The van der Waals surface area contributed by atoms with E-state index in [9.17, 15) is 27.6 Å². The second-order valence-electron chi connectivity index (χ2n) is 12.4. The van der Waals surface area contributed by atoms with E-state index >= 15 is 0 Å². The van der Waals surface area contributed by atoms with E-state index in [4.69, 9.17) is 14.2 Å². The first kappa shape index (κ1) is 32.7. The molecule has 2 unspecified atom stereocenters. The van der Waals surface area contributed by atoms with Gasteiger partial charge in [0.05, 0.1) is 35.4 Å². The lowest BCUT2D eigenvalue weighted by Gasteiger charge is -2.41. The summed E-state index contributed by atoms with van der Waals surface area (Å²) in [5, 5.41) is 3.21. The number of nitrogens with zero attached hydrogens (tertiary/aromatic N) is 2. The maximum atomic E-state index is 14.4. The van der Waals surface area contributed by atoms with Crippen LogP contribution in [0.4, 0.5) is 18.9 Å². The average molecular weight is 586 g/mol. The molecule has 1 fully saturated rings. The van der Waals surface area contributed by atoms with E-state index in [1.807, 2.05) is 0 Å². The van der Waals surface area contributed by atoms with Crippen molar-refractivity contribution in [1.29, 1.82) is 0 Å². The Morgan fingerprint density at radius 1 is 1.22 bits per heavy atom. The first-order valence-corrected chi connectivity index (χ1v) is 13.9. The minimum atomic E-state index is -4.87. The molecule has 2 atom stereocenters. The van der Waals surface area contributed by atoms with Crippen LogP contribution in [-0.2, 0) is 25.2 Å². The second-order valence-corrected chi connectivity index (χ2v) is 12.4. The first-order chi connectivity index (χ1) is 18.9. The van der Waals surface area contributed by atoms with Gasteiger partial charge in [0.1, 0.15) is 11.9 Å². The zero-order chi connectivity index (χ0) is 30.9. The minimum absolute atomic E-state index is 0.0101. The standard InChI is InChI=1S/C29H42F3N3O6/c1-17(2)35(18-10-9-11-33-14-18)24(36)20-12-22-23(13-21(20)29(30,31)32)41-28(6,7)25(37)34(22)15-19(16-39-8)40-26(38)27(3,4)5/h12-13,17-19,33H,9-11,14-16H2,1-8H3. The van der Waals surface area contributed by atoms with Crippen LogP contribution < -0.4 is 15.0 Å². The molecule has 1 N–H and O–H groups in total. The molecule has 0 aromatic heterocycles.